The number of likely N-dealkylation sites (tertiary alicyclic amines) is 1. The Labute approximate surface area is 125 Å². The molecule has 0 radical (unpaired) electrons. The summed E-state index contributed by atoms with van der Waals surface area (Å²) in [6.07, 6.45) is 5.20. The summed E-state index contributed by atoms with van der Waals surface area (Å²) in [6, 6.07) is 3.79. The summed E-state index contributed by atoms with van der Waals surface area (Å²) in [5.74, 6) is 0.0557. The first-order valence-corrected chi connectivity index (χ1v) is 7.53. The van der Waals surface area contributed by atoms with Gasteiger partial charge < -0.3 is 10.2 Å². The van der Waals surface area contributed by atoms with Crippen LogP contribution in [0.3, 0.4) is 0 Å². The molecule has 0 bridgehead atoms. The van der Waals surface area contributed by atoms with Crippen LogP contribution >= 0.6 is 0 Å². The maximum atomic E-state index is 12.2. The molecule has 0 saturated carbocycles. The van der Waals surface area contributed by atoms with Crippen LogP contribution in [-0.2, 0) is 16.1 Å². The third kappa shape index (κ3) is 4.28. The van der Waals surface area contributed by atoms with Gasteiger partial charge in [-0.2, -0.15) is 0 Å². The fourth-order valence-corrected chi connectivity index (χ4v) is 2.59. The first kappa shape index (κ1) is 15.5. The van der Waals surface area contributed by atoms with Crippen LogP contribution in [0.15, 0.2) is 24.5 Å². The zero-order chi connectivity index (χ0) is 15.2. The molecule has 5 nitrogen and oxygen atoms in total. The minimum Gasteiger partial charge on any atom is -0.352 e. The summed E-state index contributed by atoms with van der Waals surface area (Å²) in [7, 11) is 0. The molecule has 1 saturated heterocycles. The largest absolute Gasteiger partial charge is 0.352 e. The maximum Gasteiger partial charge on any atom is 0.225 e. The Kier molecular flexibility index (Phi) is 5.31. The Morgan fingerprint density at radius 1 is 1.48 bits per heavy atom. The lowest BCUT2D eigenvalue weighted by molar-refractivity contribution is -0.138. The van der Waals surface area contributed by atoms with Gasteiger partial charge in [-0.1, -0.05) is 19.9 Å². The van der Waals surface area contributed by atoms with E-state index in [1.54, 1.807) is 12.4 Å². The molecule has 0 aliphatic carbocycles. The number of nitrogens with zero attached hydrogens (tertiary/aromatic N) is 2. The fourth-order valence-electron chi connectivity index (χ4n) is 2.59. The van der Waals surface area contributed by atoms with Gasteiger partial charge in [0.2, 0.25) is 11.8 Å². The highest BCUT2D eigenvalue weighted by Crippen LogP contribution is 2.18. The van der Waals surface area contributed by atoms with Crippen molar-refractivity contribution in [1.29, 1.82) is 0 Å². The van der Waals surface area contributed by atoms with Gasteiger partial charge in [0.1, 0.15) is 0 Å². The van der Waals surface area contributed by atoms with Crippen molar-refractivity contribution in [2.75, 3.05) is 13.1 Å². The number of piperidine rings is 1. The highest BCUT2D eigenvalue weighted by Gasteiger charge is 2.29. The van der Waals surface area contributed by atoms with Crippen molar-refractivity contribution in [1.82, 2.24) is 15.2 Å². The average molecular weight is 289 g/mol. The number of hydrogen-bond acceptors (Lipinski definition) is 3. The van der Waals surface area contributed by atoms with Crippen LogP contribution < -0.4 is 5.32 Å². The topological polar surface area (TPSA) is 62.3 Å². The van der Waals surface area contributed by atoms with Gasteiger partial charge in [0.05, 0.1) is 5.92 Å². The van der Waals surface area contributed by atoms with Gasteiger partial charge in [0.15, 0.2) is 0 Å². The van der Waals surface area contributed by atoms with E-state index >= 15 is 0 Å². The van der Waals surface area contributed by atoms with Gasteiger partial charge in [-0.05, 0) is 24.5 Å². The molecule has 1 N–H and O–H groups in total. The fraction of sp³-hybridized carbons (Fsp3) is 0.562. The minimum absolute atomic E-state index is 0.0118. The zero-order valence-corrected chi connectivity index (χ0v) is 12.7. The van der Waals surface area contributed by atoms with Gasteiger partial charge in [-0.15, -0.1) is 0 Å². The van der Waals surface area contributed by atoms with Gasteiger partial charge in [-0.3, -0.25) is 14.6 Å². The summed E-state index contributed by atoms with van der Waals surface area (Å²) >= 11 is 0. The molecule has 0 spiro atoms. The van der Waals surface area contributed by atoms with E-state index in [1.807, 2.05) is 30.9 Å². The molecule has 2 heterocycles. The van der Waals surface area contributed by atoms with Crippen molar-refractivity contribution < 1.29 is 9.59 Å². The maximum absolute atomic E-state index is 12.2. The molecule has 21 heavy (non-hydrogen) atoms. The molecule has 1 aliphatic rings. The standard InChI is InChI=1S/C16H23N3O2/c1-12(2)16(21)19-8-4-6-14(11-19)15(20)18-10-13-5-3-7-17-9-13/h3,5,7,9,12,14H,4,6,8,10-11H2,1-2H3,(H,18,20)/t14-/m1/s1. The molecule has 1 aliphatic heterocycles. The van der Waals surface area contributed by atoms with E-state index < -0.39 is 0 Å². The van der Waals surface area contributed by atoms with Crippen LogP contribution in [0.4, 0.5) is 0 Å². The molecule has 0 unspecified atom stereocenters. The van der Waals surface area contributed by atoms with Crippen LogP contribution in [0.5, 0.6) is 0 Å². The van der Waals surface area contributed by atoms with E-state index in [1.165, 1.54) is 0 Å². The lowest BCUT2D eigenvalue weighted by atomic mass is 9.96. The summed E-state index contributed by atoms with van der Waals surface area (Å²) in [6.45, 7) is 5.59. The van der Waals surface area contributed by atoms with Crippen molar-refractivity contribution >= 4 is 11.8 Å². The molecule has 2 rings (SSSR count). The van der Waals surface area contributed by atoms with Gasteiger partial charge >= 0.3 is 0 Å². The van der Waals surface area contributed by atoms with E-state index in [0.717, 1.165) is 24.9 Å². The van der Waals surface area contributed by atoms with E-state index in [9.17, 15) is 9.59 Å². The van der Waals surface area contributed by atoms with Crippen LogP contribution in [0.2, 0.25) is 0 Å². The van der Waals surface area contributed by atoms with E-state index in [2.05, 4.69) is 10.3 Å². The minimum atomic E-state index is -0.0990. The summed E-state index contributed by atoms with van der Waals surface area (Å²) in [5.41, 5.74) is 0.983. The van der Waals surface area contributed by atoms with Crippen molar-refractivity contribution in [3.63, 3.8) is 0 Å². The molecule has 5 heteroatoms. The third-order valence-electron chi connectivity index (χ3n) is 3.79. The Morgan fingerprint density at radius 2 is 2.29 bits per heavy atom. The van der Waals surface area contributed by atoms with Gasteiger partial charge in [0, 0.05) is 37.9 Å². The predicted molar refractivity (Wildman–Crippen MR) is 80.2 cm³/mol. The lowest BCUT2D eigenvalue weighted by Crippen LogP contribution is -2.46. The van der Waals surface area contributed by atoms with Gasteiger partial charge in [-0.25, -0.2) is 0 Å². The zero-order valence-electron chi connectivity index (χ0n) is 12.7. The highest BCUT2D eigenvalue weighted by atomic mass is 16.2. The van der Waals surface area contributed by atoms with E-state index in [0.29, 0.717) is 13.1 Å². The Hall–Kier alpha value is -1.91. The monoisotopic (exact) mass is 289 g/mol. The van der Waals surface area contributed by atoms with Gasteiger partial charge in [0.25, 0.3) is 0 Å². The number of pyridine rings is 1. The molecule has 0 aromatic carbocycles. The summed E-state index contributed by atoms with van der Waals surface area (Å²) < 4.78 is 0. The molecule has 1 aromatic rings. The highest BCUT2D eigenvalue weighted by molar-refractivity contribution is 5.82. The quantitative estimate of drug-likeness (QED) is 0.915. The molecule has 1 atom stereocenters. The van der Waals surface area contributed by atoms with E-state index in [-0.39, 0.29) is 23.7 Å². The number of carbonyl (C=O) groups is 2. The number of nitrogens with one attached hydrogen (secondary N) is 1. The van der Waals surface area contributed by atoms with Crippen molar-refractivity contribution in [2.24, 2.45) is 11.8 Å². The number of amides is 2. The second kappa shape index (κ2) is 7.20. The second-order valence-electron chi connectivity index (χ2n) is 5.86. The van der Waals surface area contributed by atoms with E-state index in [4.69, 9.17) is 0 Å². The molecule has 1 aromatic heterocycles. The van der Waals surface area contributed by atoms with Crippen LogP contribution in [-0.4, -0.2) is 34.8 Å². The van der Waals surface area contributed by atoms with Crippen molar-refractivity contribution in [3.05, 3.63) is 30.1 Å². The average Bonchev–Trinajstić information content (AvgIpc) is 2.53. The van der Waals surface area contributed by atoms with Crippen LogP contribution in [0, 0.1) is 11.8 Å². The number of rotatable bonds is 4. The number of carbonyl (C=O) groups excluding carboxylic acids is 2. The molecule has 2 amide bonds. The Bertz CT molecular complexity index is 488. The number of aromatic nitrogens is 1. The molecular weight excluding hydrogens is 266 g/mol. The first-order chi connectivity index (χ1) is 10.1. The second-order valence-corrected chi connectivity index (χ2v) is 5.86. The number of hydrogen-bond donors (Lipinski definition) is 1. The van der Waals surface area contributed by atoms with Crippen LogP contribution in [0.25, 0.3) is 0 Å². The predicted octanol–water partition coefficient (Wildman–Crippen LogP) is 1.59. The molecule has 114 valence electrons. The summed E-state index contributed by atoms with van der Waals surface area (Å²) in [5, 5.41) is 2.94. The third-order valence-corrected chi connectivity index (χ3v) is 3.79. The summed E-state index contributed by atoms with van der Waals surface area (Å²) in [4.78, 5) is 30.1. The smallest absolute Gasteiger partial charge is 0.225 e. The molecule has 1 fully saturated rings. The van der Waals surface area contributed by atoms with Crippen LogP contribution in [0.1, 0.15) is 32.3 Å². The van der Waals surface area contributed by atoms with Crippen molar-refractivity contribution in [3.8, 4) is 0 Å². The SMILES string of the molecule is CC(C)C(=O)N1CCC[C@@H](C(=O)NCc2cccnc2)C1. The van der Waals surface area contributed by atoms with Crippen molar-refractivity contribution in [2.45, 2.75) is 33.2 Å². The lowest BCUT2D eigenvalue weighted by Gasteiger charge is -2.33. The Balaban J connectivity index is 1.86. The molecular formula is C16H23N3O2. The normalized spacial score (nSPS) is 18.6. The Morgan fingerprint density at radius 3 is 2.95 bits per heavy atom. The first-order valence-electron chi connectivity index (χ1n) is 7.53.